The van der Waals surface area contributed by atoms with Crippen molar-refractivity contribution in [3.05, 3.63) is 27.1 Å². The van der Waals surface area contributed by atoms with Gasteiger partial charge in [0.05, 0.1) is 4.90 Å². The highest BCUT2D eigenvalue weighted by Gasteiger charge is 2.38. The molecule has 1 heterocycles. The lowest BCUT2D eigenvalue weighted by Gasteiger charge is -2.27. The van der Waals surface area contributed by atoms with Crippen LogP contribution in [0.15, 0.2) is 32.0 Å². The first kappa shape index (κ1) is 17.7. The summed E-state index contributed by atoms with van der Waals surface area (Å²) in [5.74, 6) is 0. The molecule has 8 heteroatoms. The molecule has 22 heavy (non-hydrogen) atoms. The Morgan fingerprint density at radius 2 is 2.14 bits per heavy atom. The van der Waals surface area contributed by atoms with Gasteiger partial charge < -0.3 is 4.90 Å². The minimum Gasteiger partial charge on any atom is -0.306 e. The van der Waals surface area contributed by atoms with Crippen molar-refractivity contribution in [1.29, 1.82) is 5.26 Å². The second-order valence-corrected chi connectivity index (χ2v) is 8.90. The monoisotopic (exact) mass is 449 g/mol. The van der Waals surface area contributed by atoms with Gasteiger partial charge in [-0.05, 0) is 47.5 Å². The van der Waals surface area contributed by atoms with E-state index in [2.05, 4.69) is 38.1 Å². The van der Waals surface area contributed by atoms with Crippen molar-refractivity contribution in [2.75, 3.05) is 13.1 Å². The van der Waals surface area contributed by atoms with Crippen molar-refractivity contribution in [3.63, 3.8) is 0 Å². The molecule has 0 bridgehead atoms. The Hall–Kier alpha value is -0.620. The molecule has 1 unspecified atom stereocenters. The van der Waals surface area contributed by atoms with Crippen molar-refractivity contribution in [2.45, 2.75) is 37.2 Å². The molecule has 2 rings (SSSR count). The Balaban J connectivity index is 2.38. The van der Waals surface area contributed by atoms with E-state index in [0.29, 0.717) is 28.5 Å². The molecule has 1 aliphatic rings. The van der Waals surface area contributed by atoms with Crippen molar-refractivity contribution >= 4 is 41.9 Å². The van der Waals surface area contributed by atoms with Crippen LogP contribution in [0.25, 0.3) is 0 Å². The average molecular weight is 451 g/mol. The zero-order valence-electron chi connectivity index (χ0n) is 12.3. The van der Waals surface area contributed by atoms with Gasteiger partial charge >= 0.3 is 0 Å². The van der Waals surface area contributed by atoms with Gasteiger partial charge in [-0.15, -0.1) is 0 Å². The summed E-state index contributed by atoms with van der Waals surface area (Å²) in [5.41, 5.74) is 0. The quantitative estimate of drug-likeness (QED) is 0.661. The van der Waals surface area contributed by atoms with Gasteiger partial charge in [-0.3, -0.25) is 0 Å². The fraction of sp³-hybridized carbons (Fsp3) is 0.500. The number of nitrogens with zero attached hydrogens (tertiary/aromatic N) is 3. The maximum atomic E-state index is 13.0. The molecule has 1 aliphatic heterocycles. The van der Waals surface area contributed by atoms with Gasteiger partial charge in [-0.2, -0.15) is 9.57 Å². The SMILES string of the molecule is CCN(C1C[C@H](C)N(C#N)C1)S(=O)(=O)c1cc(Br)ccc1Br. The van der Waals surface area contributed by atoms with Crippen LogP contribution in [0.3, 0.4) is 0 Å². The normalized spacial score (nSPS) is 22.1. The number of likely N-dealkylation sites (N-methyl/N-ethyl adjacent to an activating group) is 1. The molecular formula is C14H17Br2N3O2S. The molecule has 1 saturated heterocycles. The van der Waals surface area contributed by atoms with Gasteiger partial charge in [-0.1, -0.05) is 22.9 Å². The molecule has 0 aromatic heterocycles. The number of hydrogen-bond acceptors (Lipinski definition) is 4. The van der Waals surface area contributed by atoms with Gasteiger partial charge in [0.1, 0.15) is 0 Å². The maximum absolute atomic E-state index is 13.0. The third-order valence-electron chi connectivity index (χ3n) is 3.88. The van der Waals surface area contributed by atoms with Crippen molar-refractivity contribution < 1.29 is 8.42 Å². The fourth-order valence-corrected chi connectivity index (χ4v) is 5.88. The topological polar surface area (TPSA) is 64.4 Å². The van der Waals surface area contributed by atoms with Gasteiger partial charge in [-0.25, -0.2) is 8.42 Å². The highest BCUT2D eigenvalue weighted by molar-refractivity contribution is 9.11. The zero-order valence-corrected chi connectivity index (χ0v) is 16.3. The summed E-state index contributed by atoms with van der Waals surface area (Å²) in [4.78, 5) is 1.88. The van der Waals surface area contributed by atoms with E-state index in [-0.39, 0.29) is 17.0 Å². The molecule has 0 aliphatic carbocycles. The summed E-state index contributed by atoms with van der Waals surface area (Å²) >= 11 is 6.64. The van der Waals surface area contributed by atoms with Crippen LogP contribution in [0.5, 0.6) is 0 Å². The number of rotatable bonds is 4. The minimum atomic E-state index is -3.62. The first-order chi connectivity index (χ1) is 10.3. The van der Waals surface area contributed by atoms with Crippen LogP contribution in [0, 0.1) is 11.5 Å². The van der Waals surface area contributed by atoms with Crippen molar-refractivity contribution in [3.8, 4) is 6.19 Å². The Morgan fingerprint density at radius 1 is 1.45 bits per heavy atom. The number of halogens is 2. The van der Waals surface area contributed by atoms with E-state index >= 15 is 0 Å². The molecule has 2 atom stereocenters. The van der Waals surface area contributed by atoms with Crippen LogP contribution < -0.4 is 0 Å². The maximum Gasteiger partial charge on any atom is 0.244 e. The molecule has 0 amide bonds. The van der Waals surface area contributed by atoms with Crippen LogP contribution in [0.4, 0.5) is 0 Å². The number of hydrogen-bond donors (Lipinski definition) is 0. The van der Waals surface area contributed by atoms with Crippen molar-refractivity contribution in [2.24, 2.45) is 0 Å². The van der Waals surface area contributed by atoms with E-state index in [4.69, 9.17) is 5.26 Å². The van der Waals surface area contributed by atoms with Crippen LogP contribution in [0.1, 0.15) is 20.3 Å². The summed E-state index contributed by atoms with van der Waals surface area (Å²) in [6.07, 6.45) is 2.79. The first-order valence-corrected chi connectivity index (χ1v) is 9.97. The largest absolute Gasteiger partial charge is 0.306 e. The van der Waals surface area contributed by atoms with Gasteiger partial charge in [0, 0.05) is 34.1 Å². The summed E-state index contributed by atoms with van der Waals surface area (Å²) in [5, 5.41) is 9.10. The molecule has 1 fully saturated rings. The van der Waals surface area contributed by atoms with E-state index in [0.717, 1.165) is 0 Å². The highest BCUT2D eigenvalue weighted by Crippen LogP contribution is 2.31. The Kier molecular flexibility index (Phi) is 5.54. The predicted octanol–water partition coefficient (Wildman–Crippen LogP) is 3.17. The Bertz CT molecular complexity index is 703. The lowest BCUT2D eigenvalue weighted by atomic mass is 10.2. The lowest BCUT2D eigenvalue weighted by molar-refractivity contribution is 0.329. The standard InChI is InChI=1S/C14H17Br2N3O2S/c1-3-19(12-6-10(2)18(8-12)9-17)22(20,21)14-7-11(15)4-5-13(14)16/h4-5,7,10,12H,3,6,8H2,1-2H3/t10-,12?/m0/s1. The zero-order chi connectivity index (χ0) is 16.5. The van der Waals surface area contributed by atoms with E-state index in [9.17, 15) is 8.42 Å². The van der Waals surface area contributed by atoms with Gasteiger partial charge in [0.25, 0.3) is 0 Å². The number of benzene rings is 1. The molecule has 0 radical (unpaired) electrons. The highest BCUT2D eigenvalue weighted by atomic mass is 79.9. The van der Waals surface area contributed by atoms with Crippen LogP contribution in [-0.2, 0) is 10.0 Å². The molecule has 0 N–H and O–H groups in total. The lowest BCUT2D eigenvalue weighted by Crippen LogP contribution is -2.41. The molecule has 0 spiro atoms. The molecule has 5 nitrogen and oxygen atoms in total. The fourth-order valence-electron chi connectivity index (χ4n) is 2.78. The van der Waals surface area contributed by atoms with E-state index < -0.39 is 10.0 Å². The smallest absolute Gasteiger partial charge is 0.244 e. The predicted molar refractivity (Wildman–Crippen MR) is 91.6 cm³/mol. The number of likely N-dealkylation sites (tertiary alicyclic amines) is 1. The Morgan fingerprint density at radius 3 is 2.68 bits per heavy atom. The summed E-state index contributed by atoms with van der Waals surface area (Å²) in [6, 6.07) is 4.97. The van der Waals surface area contributed by atoms with Crippen molar-refractivity contribution in [1.82, 2.24) is 9.21 Å². The van der Waals surface area contributed by atoms with Gasteiger partial charge in [0.15, 0.2) is 6.19 Å². The van der Waals surface area contributed by atoms with E-state index in [1.54, 1.807) is 23.1 Å². The molecular weight excluding hydrogens is 434 g/mol. The van der Waals surface area contributed by atoms with E-state index in [1.165, 1.54) is 4.31 Å². The number of nitriles is 1. The molecule has 1 aromatic rings. The van der Waals surface area contributed by atoms with E-state index in [1.807, 2.05) is 13.8 Å². The van der Waals surface area contributed by atoms with Crippen LogP contribution in [0.2, 0.25) is 0 Å². The van der Waals surface area contributed by atoms with Gasteiger partial charge in [0.2, 0.25) is 10.0 Å². The summed E-state index contributed by atoms with van der Waals surface area (Å²) in [7, 11) is -3.62. The summed E-state index contributed by atoms with van der Waals surface area (Å²) < 4.78 is 28.7. The Labute approximate surface area is 148 Å². The van der Waals surface area contributed by atoms with Crippen LogP contribution in [-0.4, -0.2) is 42.8 Å². The number of sulfonamides is 1. The minimum absolute atomic E-state index is 0.0604. The third kappa shape index (κ3) is 3.32. The summed E-state index contributed by atoms with van der Waals surface area (Å²) in [6.45, 7) is 4.58. The average Bonchev–Trinajstić information content (AvgIpc) is 2.82. The first-order valence-electron chi connectivity index (χ1n) is 6.94. The molecule has 120 valence electrons. The molecule has 1 aromatic carbocycles. The second kappa shape index (κ2) is 6.87. The third-order valence-corrected chi connectivity index (χ3v) is 7.39. The van der Waals surface area contributed by atoms with Crippen LogP contribution >= 0.6 is 31.9 Å². The second-order valence-electron chi connectivity index (χ2n) is 5.27. The molecule has 0 saturated carbocycles.